The van der Waals surface area contributed by atoms with E-state index in [9.17, 15) is 9.59 Å². The lowest BCUT2D eigenvalue weighted by Crippen LogP contribution is -2.53. The van der Waals surface area contributed by atoms with Crippen molar-refractivity contribution in [2.45, 2.75) is 50.2 Å². The summed E-state index contributed by atoms with van der Waals surface area (Å²) in [6.07, 6.45) is 5.63. The molecule has 1 saturated carbocycles. The average Bonchev–Trinajstić information content (AvgIpc) is 3.25. The number of amides is 1. The number of piperazine rings is 1. The Bertz CT molecular complexity index is 739. The van der Waals surface area contributed by atoms with Crippen molar-refractivity contribution in [2.75, 3.05) is 26.2 Å². The van der Waals surface area contributed by atoms with E-state index in [1.54, 1.807) is 0 Å². The molecule has 2 saturated heterocycles. The number of carbonyl (C=O) groups excluding carboxylic acids is 2. The minimum Gasteiger partial charge on any atom is -0.451 e. The number of nitrogens with zero attached hydrogens (tertiary/aromatic N) is 2. The molecule has 1 aromatic rings. The highest BCUT2D eigenvalue weighted by Crippen LogP contribution is 2.48. The van der Waals surface area contributed by atoms with Gasteiger partial charge in [-0.2, -0.15) is 0 Å². The van der Waals surface area contributed by atoms with Crippen LogP contribution in [0.3, 0.4) is 0 Å². The summed E-state index contributed by atoms with van der Waals surface area (Å²) in [4.78, 5) is 29.9. The van der Waals surface area contributed by atoms with Gasteiger partial charge in [-0.25, -0.2) is 4.79 Å². The Morgan fingerprint density at radius 1 is 1.08 bits per heavy atom. The number of rotatable bonds is 1. The molecule has 0 radical (unpaired) electrons. The topological polar surface area (TPSA) is 49.9 Å². The minimum absolute atomic E-state index is 0.0834. The lowest BCUT2D eigenvalue weighted by atomic mass is 9.74. The first-order valence-electron chi connectivity index (χ1n) is 10.0. The summed E-state index contributed by atoms with van der Waals surface area (Å²) < 4.78 is 5.82. The third-order valence-corrected chi connectivity index (χ3v) is 6.97. The van der Waals surface area contributed by atoms with E-state index in [2.05, 4.69) is 9.80 Å². The Morgan fingerprint density at radius 3 is 2.73 bits per heavy atom. The molecule has 0 aromatic heterocycles. The highest BCUT2D eigenvalue weighted by Gasteiger charge is 2.48. The van der Waals surface area contributed by atoms with Gasteiger partial charge in [-0.05, 0) is 51.1 Å². The van der Waals surface area contributed by atoms with Gasteiger partial charge in [0, 0.05) is 37.2 Å². The maximum absolute atomic E-state index is 13.1. The summed E-state index contributed by atoms with van der Waals surface area (Å²) in [6, 6.07) is 8.30. The fourth-order valence-electron chi connectivity index (χ4n) is 5.50. The second kappa shape index (κ2) is 6.08. The number of benzene rings is 1. The van der Waals surface area contributed by atoms with E-state index in [0.717, 1.165) is 50.9 Å². The fraction of sp³-hybridized carbons (Fsp3) is 0.619. The summed E-state index contributed by atoms with van der Waals surface area (Å²) in [6.45, 7) is 3.99. The minimum atomic E-state index is -0.491. The molecule has 3 heterocycles. The largest absolute Gasteiger partial charge is 0.451 e. The van der Waals surface area contributed by atoms with E-state index < -0.39 is 5.60 Å². The Kier molecular flexibility index (Phi) is 3.82. The van der Waals surface area contributed by atoms with E-state index in [0.29, 0.717) is 17.5 Å². The molecule has 5 rings (SSSR count). The molecule has 1 unspecified atom stereocenters. The van der Waals surface area contributed by atoms with Crippen molar-refractivity contribution in [2.24, 2.45) is 5.92 Å². The first kappa shape index (κ1) is 16.3. The molecule has 1 amide bonds. The summed E-state index contributed by atoms with van der Waals surface area (Å²) in [5.74, 6) is 0.201. The van der Waals surface area contributed by atoms with Crippen molar-refractivity contribution in [3.63, 3.8) is 0 Å². The van der Waals surface area contributed by atoms with Gasteiger partial charge in [0.05, 0.1) is 5.56 Å². The highest BCUT2D eigenvalue weighted by molar-refractivity contribution is 5.94. The molecular weight excluding hydrogens is 328 g/mol. The van der Waals surface area contributed by atoms with Crippen LogP contribution in [0.5, 0.6) is 0 Å². The second-order valence-corrected chi connectivity index (χ2v) is 8.32. The molecule has 1 spiro atoms. The fourth-order valence-corrected chi connectivity index (χ4v) is 5.50. The molecule has 1 aromatic carbocycles. The van der Waals surface area contributed by atoms with Crippen molar-refractivity contribution in [3.05, 3.63) is 35.4 Å². The molecule has 5 heteroatoms. The molecule has 1 aliphatic carbocycles. The van der Waals surface area contributed by atoms with Crippen molar-refractivity contribution in [1.82, 2.24) is 9.80 Å². The molecule has 0 N–H and O–H groups in total. The molecule has 138 valence electrons. The van der Waals surface area contributed by atoms with Crippen LogP contribution in [0.15, 0.2) is 24.3 Å². The zero-order valence-corrected chi connectivity index (χ0v) is 15.2. The Balaban J connectivity index is 1.26. The molecule has 3 aliphatic heterocycles. The smallest absolute Gasteiger partial charge is 0.339 e. The molecule has 1 atom stereocenters. The average molecular weight is 354 g/mol. The number of fused-ring (bicyclic) bond motifs is 3. The van der Waals surface area contributed by atoms with Crippen LogP contribution in [0.25, 0.3) is 0 Å². The van der Waals surface area contributed by atoms with Crippen molar-refractivity contribution < 1.29 is 14.3 Å². The van der Waals surface area contributed by atoms with Crippen LogP contribution in [-0.2, 0) is 15.1 Å². The van der Waals surface area contributed by atoms with Gasteiger partial charge in [-0.3, -0.25) is 9.69 Å². The number of ether oxygens (including phenoxy) is 1. The maximum Gasteiger partial charge on any atom is 0.339 e. The van der Waals surface area contributed by atoms with Crippen molar-refractivity contribution >= 4 is 11.9 Å². The number of hydrogen-bond acceptors (Lipinski definition) is 4. The summed E-state index contributed by atoms with van der Waals surface area (Å²) in [7, 11) is 0. The first-order chi connectivity index (χ1) is 12.7. The van der Waals surface area contributed by atoms with Crippen LogP contribution in [0.4, 0.5) is 0 Å². The van der Waals surface area contributed by atoms with Crippen molar-refractivity contribution in [3.8, 4) is 0 Å². The van der Waals surface area contributed by atoms with Gasteiger partial charge in [0.25, 0.3) is 0 Å². The number of hydrogen-bond donors (Lipinski definition) is 0. The monoisotopic (exact) mass is 354 g/mol. The summed E-state index contributed by atoms with van der Waals surface area (Å²) >= 11 is 0. The second-order valence-electron chi connectivity index (χ2n) is 8.32. The number of carbonyl (C=O) groups is 2. The molecule has 3 fully saturated rings. The van der Waals surface area contributed by atoms with Crippen LogP contribution in [0.1, 0.15) is 54.4 Å². The molecule has 0 bridgehead atoms. The van der Waals surface area contributed by atoms with Gasteiger partial charge < -0.3 is 9.64 Å². The summed E-state index contributed by atoms with van der Waals surface area (Å²) in [5, 5.41) is 0. The quantitative estimate of drug-likeness (QED) is 0.728. The highest BCUT2D eigenvalue weighted by atomic mass is 16.6. The molecular formula is C21H26N2O3. The van der Waals surface area contributed by atoms with Crippen LogP contribution in [-0.4, -0.2) is 53.9 Å². The number of esters is 1. The SMILES string of the molecule is O=C1OC2(CCC(C(=O)N3CCN4CCCC4C3)CC2)c2ccccc21. The van der Waals surface area contributed by atoms with Gasteiger partial charge in [0.15, 0.2) is 0 Å². The van der Waals surface area contributed by atoms with E-state index in [-0.39, 0.29) is 11.9 Å². The third kappa shape index (κ3) is 2.48. The molecule has 4 aliphatic rings. The lowest BCUT2D eigenvalue weighted by molar-refractivity contribution is -0.141. The zero-order chi connectivity index (χ0) is 17.7. The van der Waals surface area contributed by atoms with E-state index in [4.69, 9.17) is 4.74 Å². The van der Waals surface area contributed by atoms with Crippen molar-refractivity contribution in [1.29, 1.82) is 0 Å². The van der Waals surface area contributed by atoms with Crippen LogP contribution in [0.2, 0.25) is 0 Å². The Morgan fingerprint density at radius 2 is 1.88 bits per heavy atom. The Hall–Kier alpha value is -1.88. The van der Waals surface area contributed by atoms with E-state index >= 15 is 0 Å². The summed E-state index contributed by atoms with van der Waals surface area (Å²) in [5.41, 5.74) is 1.24. The normalized spacial score (nSPS) is 33.8. The van der Waals surface area contributed by atoms with E-state index in [1.807, 2.05) is 24.3 Å². The maximum atomic E-state index is 13.1. The standard InChI is InChI=1S/C21H26N2O3/c24-19(23-13-12-22-11-3-4-16(22)14-23)15-7-9-21(10-8-15)18-6-2-1-5-17(18)20(25)26-21/h1-2,5-6,15-16H,3-4,7-14H2. The molecule has 5 nitrogen and oxygen atoms in total. The van der Waals surface area contributed by atoms with Crippen LogP contribution in [0, 0.1) is 5.92 Å². The van der Waals surface area contributed by atoms with Gasteiger partial charge in [-0.15, -0.1) is 0 Å². The third-order valence-electron chi connectivity index (χ3n) is 6.97. The predicted molar refractivity (Wildman–Crippen MR) is 96.7 cm³/mol. The van der Waals surface area contributed by atoms with Gasteiger partial charge in [0.2, 0.25) is 5.91 Å². The lowest BCUT2D eigenvalue weighted by Gasteiger charge is -2.41. The molecule has 26 heavy (non-hydrogen) atoms. The zero-order valence-electron chi connectivity index (χ0n) is 15.2. The Labute approximate surface area is 154 Å². The van der Waals surface area contributed by atoms with Crippen LogP contribution >= 0.6 is 0 Å². The van der Waals surface area contributed by atoms with Gasteiger partial charge in [-0.1, -0.05) is 18.2 Å². The van der Waals surface area contributed by atoms with Gasteiger partial charge in [0.1, 0.15) is 5.60 Å². The first-order valence-corrected chi connectivity index (χ1v) is 10.0. The predicted octanol–water partition coefficient (Wildman–Crippen LogP) is 2.55. The van der Waals surface area contributed by atoms with Crippen LogP contribution < -0.4 is 0 Å². The van der Waals surface area contributed by atoms with Gasteiger partial charge >= 0.3 is 5.97 Å². The van der Waals surface area contributed by atoms with E-state index in [1.165, 1.54) is 19.4 Å².